The van der Waals surface area contributed by atoms with Crippen LogP contribution in [0.4, 0.5) is 0 Å². The van der Waals surface area contributed by atoms with E-state index in [0.29, 0.717) is 18.7 Å². The zero-order valence-corrected chi connectivity index (χ0v) is 14.3. The van der Waals surface area contributed by atoms with Gasteiger partial charge >= 0.3 is 0 Å². The molecule has 1 fully saturated rings. The minimum absolute atomic E-state index is 0.00536. The number of carbonyl (C=O) groups excluding carboxylic acids is 1. The molecule has 0 aliphatic carbocycles. The molecule has 1 aliphatic heterocycles. The molecule has 0 bridgehead atoms. The highest BCUT2D eigenvalue weighted by molar-refractivity contribution is 5.93. The van der Waals surface area contributed by atoms with Gasteiger partial charge in [0.2, 0.25) is 0 Å². The minimum Gasteiger partial charge on any atom is -0.376 e. The fourth-order valence-electron chi connectivity index (χ4n) is 2.88. The number of ether oxygens (including phenoxy) is 1. The van der Waals surface area contributed by atoms with Crippen molar-refractivity contribution in [3.8, 4) is 0 Å². The third kappa shape index (κ3) is 4.00. The molecule has 0 saturated carbocycles. The van der Waals surface area contributed by atoms with E-state index >= 15 is 0 Å². The standard InChI is InChI=1S/C18H24N4O2/c1-14(2)22-12-16(10-20-22)18(23)21(13-17-4-3-9-24-17)11-15-5-7-19-8-6-15/h5-8,10,12,14,17H,3-4,9,11,13H2,1-2H3/t17-/m0/s1. The highest BCUT2D eigenvalue weighted by Gasteiger charge is 2.24. The Hall–Kier alpha value is -2.21. The Morgan fingerprint density at radius 2 is 2.21 bits per heavy atom. The van der Waals surface area contributed by atoms with Gasteiger partial charge in [0.25, 0.3) is 5.91 Å². The van der Waals surface area contributed by atoms with Crippen LogP contribution in [-0.4, -0.2) is 44.8 Å². The van der Waals surface area contributed by atoms with E-state index in [1.807, 2.05) is 41.8 Å². The van der Waals surface area contributed by atoms with Gasteiger partial charge in [0, 0.05) is 44.3 Å². The van der Waals surface area contributed by atoms with Gasteiger partial charge in [-0.05, 0) is 44.4 Å². The van der Waals surface area contributed by atoms with Gasteiger partial charge in [0.15, 0.2) is 0 Å². The van der Waals surface area contributed by atoms with Crippen molar-refractivity contribution in [1.82, 2.24) is 19.7 Å². The van der Waals surface area contributed by atoms with E-state index in [9.17, 15) is 4.79 Å². The van der Waals surface area contributed by atoms with Gasteiger partial charge < -0.3 is 9.64 Å². The summed E-state index contributed by atoms with van der Waals surface area (Å²) in [6.07, 6.45) is 9.16. The predicted octanol–water partition coefficient (Wildman–Crippen LogP) is 2.68. The van der Waals surface area contributed by atoms with Crippen LogP contribution in [0.5, 0.6) is 0 Å². The first-order valence-electron chi connectivity index (χ1n) is 8.47. The summed E-state index contributed by atoms with van der Waals surface area (Å²) in [5.74, 6) is -0.00536. The molecule has 0 N–H and O–H groups in total. The summed E-state index contributed by atoms with van der Waals surface area (Å²) in [7, 11) is 0. The average Bonchev–Trinajstić information content (AvgIpc) is 3.26. The van der Waals surface area contributed by atoms with Crippen molar-refractivity contribution < 1.29 is 9.53 Å². The van der Waals surface area contributed by atoms with Crippen molar-refractivity contribution in [2.75, 3.05) is 13.2 Å². The molecule has 1 amide bonds. The molecule has 0 aromatic carbocycles. The van der Waals surface area contributed by atoms with Crippen molar-refractivity contribution in [3.05, 3.63) is 48.0 Å². The monoisotopic (exact) mass is 328 g/mol. The topological polar surface area (TPSA) is 60.2 Å². The summed E-state index contributed by atoms with van der Waals surface area (Å²) < 4.78 is 7.53. The lowest BCUT2D eigenvalue weighted by Gasteiger charge is -2.25. The lowest BCUT2D eigenvalue weighted by molar-refractivity contribution is 0.0507. The second-order valence-corrected chi connectivity index (χ2v) is 6.48. The lowest BCUT2D eigenvalue weighted by atomic mass is 10.2. The van der Waals surface area contributed by atoms with Crippen LogP contribution in [0.3, 0.4) is 0 Å². The van der Waals surface area contributed by atoms with Crippen LogP contribution >= 0.6 is 0 Å². The second-order valence-electron chi connectivity index (χ2n) is 6.48. The smallest absolute Gasteiger partial charge is 0.257 e. The zero-order chi connectivity index (χ0) is 16.9. The SMILES string of the molecule is CC(C)n1cc(C(=O)N(Cc2ccncc2)C[C@@H]2CCCO2)cn1. The average molecular weight is 328 g/mol. The maximum absolute atomic E-state index is 13.0. The van der Waals surface area contributed by atoms with Gasteiger partial charge in [-0.25, -0.2) is 0 Å². The van der Waals surface area contributed by atoms with Gasteiger partial charge in [-0.15, -0.1) is 0 Å². The molecule has 128 valence electrons. The molecule has 6 heteroatoms. The van der Waals surface area contributed by atoms with Crippen LogP contribution in [0.25, 0.3) is 0 Å². The van der Waals surface area contributed by atoms with Crippen molar-refractivity contribution in [2.45, 2.75) is 45.4 Å². The van der Waals surface area contributed by atoms with Crippen LogP contribution in [0.1, 0.15) is 48.7 Å². The molecule has 2 aromatic rings. The highest BCUT2D eigenvalue weighted by atomic mass is 16.5. The third-order valence-electron chi connectivity index (χ3n) is 4.24. The number of carbonyl (C=O) groups is 1. The molecule has 0 unspecified atom stereocenters. The molecule has 2 aromatic heterocycles. The van der Waals surface area contributed by atoms with Gasteiger partial charge in [-0.1, -0.05) is 0 Å². The van der Waals surface area contributed by atoms with E-state index in [4.69, 9.17) is 4.74 Å². The van der Waals surface area contributed by atoms with Crippen molar-refractivity contribution >= 4 is 5.91 Å². The van der Waals surface area contributed by atoms with Crippen molar-refractivity contribution in [1.29, 1.82) is 0 Å². The van der Waals surface area contributed by atoms with E-state index in [1.165, 1.54) is 0 Å². The Morgan fingerprint density at radius 3 is 2.83 bits per heavy atom. The van der Waals surface area contributed by atoms with Gasteiger partial charge in [0.05, 0.1) is 17.9 Å². The summed E-state index contributed by atoms with van der Waals surface area (Å²) in [6, 6.07) is 4.11. The summed E-state index contributed by atoms with van der Waals surface area (Å²) >= 11 is 0. The maximum Gasteiger partial charge on any atom is 0.257 e. The molecule has 3 heterocycles. The number of aromatic nitrogens is 3. The molecule has 1 saturated heterocycles. The molecule has 1 aliphatic rings. The summed E-state index contributed by atoms with van der Waals surface area (Å²) in [5.41, 5.74) is 1.68. The molecule has 0 radical (unpaired) electrons. The number of hydrogen-bond donors (Lipinski definition) is 0. The molecular formula is C18H24N4O2. The van der Waals surface area contributed by atoms with Crippen LogP contribution in [0.15, 0.2) is 36.9 Å². The van der Waals surface area contributed by atoms with Gasteiger partial charge in [-0.2, -0.15) is 5.10 Å². The summed E-state index contributed by atoms with van der Waals surface area (Å²) in [5, 5.41) is 4.29. The summed E-state index contributed by atoms with van der Waals surface area (Å²) in [6.45, 7) is 6.03. The van der Waals surface area contributed by atoms with Crippen LogP contribution in [0.2, 0.25) is 0 Å². The van der Waals surface area contributed by atoms with Crippen LogP contribution in [-0.2, 0) is 11.3 Å². The number of amides is 1. The third-order valence-corrected chi connectivity index (χ3v) is 4.24. The first-order valence-corrected chi connectivity index (χ1v) is 8.47. The Labute approximate surface area is 142 Å². The van der Waals surface area contributed by atoms with E-state index in [2.05, 4.69) is 10.1 Å². The number of pyridine rings is 1. The number of nitrogens with zero attached hydrogens (tertiary/aromatic N) is 4. The highest BCUT2D eigenvalue weighted by Crippen LogP contribution is 2.17. The molecule has 6 nitrogen and oxygen atoms in total. The Kier molecular flexibility index (Phi) is 5.25. The zero-order valence-electron chi connectivity index (χ0n) is 14.3. The fraction of sp³-hybridized carbons (Fsp3) is 0.500. The van der Waals surface area contributed by atoms with Crippen molar-refractivity contribution in [3.63, 3.8) is 0 Å². The molecule has 24 heavy (non-hydrogen) atoms. The molecule has 3 rings (SSSR count). The number of rotatable bonds is 6. The number of hydrogen-bond acceptors (Lipinski definition) is 4. The largest absolute Gasteiger partial charge is 0.376 e. The normalized spacial score (nSPS) is 17.4. The molecule has 0 spiro atoms. The first kappa shape index (κ1) is 16.6. The van der Waals surface area contributed by atoms with Gasteiger partial charge in [-0.3, -0.25) is 14.5 Å². The fourth-order valence-corrected chi connectivity index (χ4v) is 2.88. The van der Waals surface area contributed by atoms with E-state index in [-0.39, 0.29) is 18.1 Å². The van der Waals surface area contributed by atoms with Crippen LogP contribution in [0, 0.1) is 0 Å². The van der Waals surface area contributed by atoms with Crippen LogP contribution < -0.4 is 0 Å². The maximum atomic E-state index is 13.0. The lowest BCUT2D eigenvalue weighted by Crippen LogP contribution is -2.36. The van der Waals surface area contributed by atoms with Gasteiger partial charge in [0.1, 0.15) is 0 Å². The quantitative estimate of drug-likeness (QED) is 0.818. The van der Waals surface area contributed by atoms with E-state index in [0.717, 1.165) is 25.0 Å². The molecular weight excluding hydrogens is 304 g/mol. The Morgan fingerprint density at radius 1 is 1.42 bits per heavy atom. The van der Waals surface area contributed by atoms with E-state index in [1.54, 1.807) is 18.6 Å². The van der Waals surface area contributed by atoms with Crippen molar-refractivity contribution in [2.24, 2.45) is 0 Å². The van der Waals surface area contributed by atoms with E-state index < -0.39 is 0 Å². The second kappa shape index (κ2) is 7.57. The Bertz CT molecular complexity index is 663. The Balaban J connectivity index is 1.77. The minimum atomic E-state index is -0.00536. The predicted molar refractivity (Wildman–Crippen MR) is 90.6 cm³/mol. The molecule has 1 atom stereocenters. The first-order chi connectivity index (χ1) is 11.6. The summed E-state index contributed by atoms with van der Waals surface area (Å²) in [4.78, 5) is 18.9.